The third-order valence-corrected chi connectivity index (χ3v) is 6.81. The van der Waals surface area contributed by atoms with Crippen LogP contribution in [-0.2, 0) is 14.9 Å². The molecule has 0 saturated carbocycles. The van der Waals surface area contributed by atoms with Crippen LogP contribution < -0.4 is 4.74 Å². The molecule has 0 saturated heterocycles. The molecule has 0 unspecified atom stereocenters. The molecule has 2 aromatic rings. The van der Waals surface area contributed by atoms with Crippen molar-refractivity contribution in [3.05, 3.63) is 58.7 Å². The van der Waals surface area contributed by atoms with Gasteiger partial charge in [-0.05, 0) is 104 Å². The summed E-state index contributed by atoms with van der Waals surface area (Å²) in [6.45, 7) is 0. The zero-order valence-corrected chi connectivity index (χ0v) is 19.0. The van der Waals surface area contributed by atoms with E-state index in [4.69, 9.17) is 4.74 Å². The van der Waals surface area contributed by atoms with Crippen molar-refractivity contribution in [3.63, 3.8) is 0 Å². The van der Waals surface area contributed by atoms with E-state index in [1.165, 1.54) is 18.2 Å². The van der Waals surface area contributed by atoms with E-state index in [0.29, 0.717) is 0 Å². The van der Waals surface area contributed by atoms with Crippen molar-refractivity contribution < 1.29 is 22.5 Å². The fourth-order valence-electron chi connectivity index (χ4n) is 1.72. The maximum atomic E-state index is 11.9. The first-order valence-corrected chi connectivity index (χ1v) is 10.9. The van der Waals surface area contributed by atoms with Gasteiger partial charge in [-0.15, -0.1) is 0 Å². The van der Waals surface area contributed by atoms with Crippen molar-refractivity contribution in [2.75, 3.05) is 0 Å². The highest BCUT2D eigenvalue weighted by Crippen LogP contribution is 2.29. The van der Waals surface area contributed by atoms with Crippen molar-refractivity contribution >= 4 is 89.9 Å². The van der Waals surface area contributed by atoms with Crippen LogP contribution in [0, 0.1) is 10.7 Å². The molecule has 2 rings (SSSR count). The number of carbonyl (C=O) groups is 1. The van der Waals surface area contributed by atoms with E-state index < -0.39 is 16.1 Å². The van der Waals surface area contributed by atoms with Crippen LogP contribution >= 0.6 is 67.8 Å². The monoisotopic (exact) mass is 681 g/mol. The summed E-state index contributed by atoms with van der Waals surface area (Å²) in [4.78, 5) is 11.6. The third kappa shape index (κ3) is 5.64. The molecule has 9 heteroatoms. The summed E-state index contributed by atoms with van der Waals surface area (Å²) >= 11 is 5.63. The average Bonchev–Trinajstić information content (AvgIpc) is 2.44. The maximum Gasteiger partial charge on any atom is 0.336 e. The summed E-state index contributed by atoms with van der Waals surface area (Å²) in [6, 6.07) is 10.2. The zero-order chi connectivity index (χ0) is 17.9. The molecule has 24 heavy (non-hydrogen) atoms. The Hall–Kier alpha value is -0.250. The fourth-order valence-corrected chi connectivity index (χ4v) is 6.01. The molecular weight excluding hydrogens is 673 g/mol. The Morgan fingerprint density at radius 1 is 1.04 bits per heavy atom. The standard InChI is InChI=1S/C15H9I3O5S/c16-10-4-1-9(2-5-10)3-6-14(19)23-11-7-12(17)15(13(18)8-11)24(20,21)22/h1-8H,(H,20,21,22)/p-1/b6-3+. The molecule has 0 spiro atoms. The van der Waals surface area contributed by atoms with Gasteiger partial charge in [-0.2, -0.15) is 0 Å². The summed E-state index contributed by atoms with van der Waals surface area (Å²) in [5.74, 6) is -0.425. The van der Waals surface area contributed by atoms with Gasteiger partial charge in [-0.3, -0.25) is 0 Å². The Morgan fingerprint density at radius 3 is 2.08 bits per heavy atom. The van der Waals surface area contributed by atoms with Gasteiger partial charge in [0, 0.05) is 16.8 Å². The second kappa shape index (κ2) is 8.42. The van der Waals surface area contributed by atoms with E-state index in [-0.39, 0.29) is 17.8 Å². The molecule has 126 valence electrons. The van der Waals surface area contributed by atoms with Gasteiger partial charge in [0.1, 0.15) is 15.9 Å². The van der Waals surface area contributed by atoms with E-state index >= 15 is 0 Å². The quantitative estimate of drug-likeness (QED) is 0.160. The molecule has 2 aromatic carbocycles. The molecule has 0 aromatic heterocycles. The lowest BCUT2D eigenvalue weighted by molar-refractivity contribution is -0.128. The zero-order valence-electron chi connectivity index (χ0n) is 11.7. The summed E-state index contributed by atoms with van der Waals surface area (Å²) in [5.41, 5.74) is 0.851. The Balaban J connectivity index is 2.16. The van der Waals surface area contributed by atoms with Crippen molar-refractivity contribution in [2.45, 2.75) is 4.90 Å². The molecule has 0 fully saturated rings. The van der Waals surface area contributed by atoms with E-state index in [1.807, 2.05) is 24.3 Å². The van der Waals surface area contributed by atoms with E-state index in [1.54, 1.807) is 51.3 Å². The number of ether oxygens (including phenoxy) is 1. The molecule has 5 nitrogen and oxygen atoms in total. The smallest absolute Gasteiger partial charge is 0.336 e. The lowest BCUT2D eigenvalue weighted by Crippen LogP contribution is -2.08. The van der Waals surface area contributed by atoms with E-state index in [2.05, 4.69) is 22.6 Å². The fraction of sp³-hybridized carbons (Fsp3) is 0. The number of esters is 1. The molecule has 0 aliphatic heterocycles. The first-order chi connectivity index (χ1) is 11.2. The van der Waals surface area contributed by atoms with Crippen LogP contribution in [0.2, 0.25) is 0 Å². The highest BCUT2D eigenvalue weighted by Gasteiger charge is 2.15. The minimum atomic E-state index is -4.58. The van der Waals surface area contributed by atoms with Gasteiger partial charge in [0.15, 0.2) is 0 Å². The number of hydrogen-bond donors (Lipinski definition) is 0. The average molecular weight is 681 g/mol. The number of rotatable bonds is 4. The first kappa shape index (κ1) is 20.1. The molecule has 0 aliphatic rings. The van der Waals surface area contributed by atoms with E-state index in [0.717, 1.165) is 9.13 Å². The van der Waals surface area contributed by atoms with Gasteiger partial charge in [-0.25, -0.2) is 13.2 Å². The van der Waals surface area contributed by atoms with Crippen LogP contribution in [0.1, 0.15) is 5.56 Å². The number of benzene rings is 2. The minimum absolute atomic E-state index is 0.175. The Labute approximate surface area is 180 Å². The molecular formula is C15H8I3O5S-. The van der Waals surface area contributed by atoms with Gasteiger partial charge in [0.05, 0.1) is 4.90 Å². The van der Waals surface area contributed by atoms with Gasteiger partial charge in [-0.1, -0.05) is 12.1 Å². The summed E-state index contributed by atoms with van der Waals surface area (Å²) < 4.78 is 40.3. The van der Waals surface area contributed by atoms with Crippen LogP contribution in [0.25, 0.3) is 6.08 Å². The largest absolute Gasteiger partial charge is 0.744 e. The van der Waals surface area contributed by atoms with Crippen molar-refractivity contribution in [2.24, 2.45) is 0 Å². The minimum Gasteiger partial charge on any atom is -0.744 e. The number of carbonyl (C=O) groups excluding carboxylic acids is 1. The molecule has 0 heterocycles. The lowest BCUT2D eigenvalue weighted by atomic mass is 10.2. The van der Waals surface area contributed by atoms with Crippen molar-refractivity contribution in [1.29, 1.82) is 0 Å². The highest BCUT2D eigenvalue weighted by atomic mass is 127. The highest BCUT2D eigenvalue weighted by molar-refractivity contribution is 14.1. The molecule has 0 N–H and O–H groups in total. The summed E-state index contributed by atoms with van der Waals surface area (Å²) in [7, 11) is -4.58. The maximum absolute atomic E-state index is 11.9. The third-order valence-electron chi connectivity index (χ3n) is 2.72. The van der Waals surface area contributed by atoms with Gasteiger partial charge >= 0.3 is 5.97 Å². The second-order valence-electron chi connectivity index (χ2n) is 4.48. The van der Waals surface area contributed by atoms with E-state index in [9.17, 15) is 17.8 Å². The van der Waals surface area contributed by atoms with Crippen LogP contribution in [0.15, 0.2) is 47.4 Å². The Morgan fingerprint density at radius 2 is 1.58 bits per heavy atom. The predicted molar refractivity (Wildman–Crippen MR) is 114 cm³/mol. The predicted octanol–water partition coefficient (Wildman–Crippen LogP) is 4.02. The van der Waals surface area contributed by atoms with Crippen molar-refractivity contribution in [3.8, 4) is 5.75 Å². The van der Waals surface area contributed by atoms with Crippen LogP contribution in [-0.4, -0.2) is 18.9 Å². The van der Waals surface area contributed by atoms with Crippen molar-refractivity contribution in [1.82, 2.24) is 0 Å². The second-order valence-corrected chi connectivity index (χ2v) is 9.36. The molecule has 0 aliphatic carbocycles. The SMILES string of the molecule is O=C(/C=C/c1ccc(I)cc1)Oc1cc(I)c(S(=O)(=O)[O-])c(I)c1. The first-order valence-electron chi connectivity index (χ1n) is 6.27. The molecule has 0 atom stereocenters. The number of hydrogen-bond acceptors (Lipinski definition) is 5. The van der Waals surface area contributed by atoms with Gasteiger partial charge in [0.2, 0.25) is 0 Å². The topological polar surface area (TPSA) is 83.5 Å². The van der Waals surface area contributed by atoms with Gasteiger partial charge in [0.25, 0.3) is 0 Å². The summed E-state index contributed by atoms with van der Waals surface area (Å²) in [5, 5.41) is 0. The Bertz CT molecular complexity index is 882. The van der Waals surface area contributed by atoms with Crippen LogP contribution in [0.4, 0.5) is 0 Å². The van der Waals surface area contributed by atoms with Crippen LogP contribution in [0.5, 0.6) is 5.75 Å². The summed E-state index contributed by atoms with van der Waals surface area (Å²) in [6.07, 6.45) is 2.89. The molecule has 0 radical (unpaired) electrons. The lowest BCUT2D eigenvalue weighted by Gasteiger charge is -2.13. The molecule has 0 amide bonds. The van der Waals surface area contributed by atoms with Gasteiger partial charge < -0.3 is 9.29 Å². The Kier molecular flexibility index (Phi) is 7.04. The normalized spacial score (nSPS) is 11.7. The molecule has 0 bridgehead atoms. The van der Waals surface area contributed by atoms with Crippen LogP contribution in [0.3, 0.4) is 0 Å². The number of halogens is 3.